The summed E-state index contributed by atoms with van der Waals surface area (Å²) in [5.41, 5.74) is 0.925. The lowest BCUT2D eigenvalue weighted by molar-refractivity contribution is -0.135. The first-order valence-electron chi connectivity index (χ1n) is 12.6. The van der Waals surface area contributed by atoms with Crippen molar-refractivity contribution < 1.29 is 22.8 Å². The third-order valence-electron chi connectivity index (χ3n) is 6.36. The van der Waals surface area contributed by atoms with Gasteiger partial charge in [-0.15, -0.1) is 0 Å². The number of fused-ring (bicyclic) bond motifs is 1. The fourth-order valence-corrected chi connectivity index (χ4v) is 6.15. The number of nitrogens with zero attached hydrogens (tertiary/aromatic N) is 3. The van der Waals surface area contributed by atoms with Crippen LogP contribution in [0.1, 0.15) is 43.5 Å². The van der Waals surface area contributed by atoms with Crippen molar-refractivity contribution in [3.63, 3.8) is 0 Å². The van der Waals surface area contributed by atoms with Crippen LogP contribution >= 0.6 is 0 Å². The van der Waals surface area contributed by atoms with Gasteiger partial charge >= 0.3 is 0 Å². The summed E-state index contributed by atoms with van der Waals surface area (Å²) in [7, 11) is -4.50. The van der Waals surface area contributed by atoms with E-state index in [0.717, 1.165) is 0 Å². The van der Waals surface area contributed by atoms with Crippen LogP contribution in [-0.2, 0) is 19.6 Å². The number of aromatic nitrogens is 2. The Hall–Kier alpha value is -3.70. The molecule has 2 atom stereocenters. The highest BCUT2D eigenvalue weighted by molar-refractivity contribution is 7.89. The molecule has 1 fully saturated rings. The number of sulfonamides is 1. The van der Waals surface area contributed by atoms with Gasteiger partial charge in [0.15, 0.2) is 10.8 Å². The van der Waals surface area contributed by atoms with Gasteiger partial charge in [-0.3, -0.25) is 19.4 Å². The Bertz CT molecular complexity index is 1420. The lowest BCUT2D eigenvalue weighted by Crippen LogP contribution is -2.56. The molecule has 0 saturated carbocycles. The minimum absolute atomic E-state index is 0.0591. The molecule has 1 aliphatic rings. The number of carbonyl (C=O) groups is 3. The van der Waals surface area contributed by atoms with E-state index in [2.05, 4.69) is 20.6 Å². The molecule has 0 bridgehead atoms. The first kappa shape index (κ1) is 27.3. The average Bonchev–Trinajstić information content (AvgIpc) is 3.12. The number of pyridine rings is 2. The molecule has 1 unspecified atom stereocenters. The quantitative estimate of drug-likeness (QED) is 0.446. The molecule has 200 valence electrons. The number of amides is 2. The van der Waals surface area contributed by atoms with E-state index in [4.69, 9.17) is 0 Å². The van der Waals surface area contributed by atoms with Gasteiger partial charge < -0.3 is 10.6 Å². The molecule has 38 heavy (non-hydrogen) atoms. The summed E-state index contributed by atoms with van der Waals surface area (Å²) >= 11 is 0. The van der Waals surface area contributed by atoms with Crippen molar-refractivity contribution >= 4 is 38.5 Å². The summed E-state index contributed by atoms with van der Waals surface area (Å²) in [6, 6.07) is 10.5. The summed E-state index contributed by atoms with van der Waals surface area (Å²) in [5, 5.41) is 5.99. The van der Waals surface area contributed by atoms with E-state index in [1.807, 2.05) is 13.8 Å². The maximum Gasteiger partial charge on any atom is 0.284 e. The van der Waals surface area contributed by atoms with E-state index in [0.29, 0.717) is 33.7 Å². The van der Waals surface area contributed by atoms with E-state index in [1.54, 1.807) is 42.6 Å². The normalized spacial score (nSPS) is 17.1. The third kappa shape index (κ3) is 5.89. The standard InChI is InChI=1S/C27H31N5O5S/c1-18(2)16-22(31-26(34)20-8-5-10-21-19(20)9-6-15-29-21)27(35)32(23-11-7-13-28-17-24(23)33)38(36,37)25-12-3-4-14-30-25/h3-6,8-10,12,14-15,18,22-23,28H,7,11,13,16-17H2,1-2H3,(H,31,34)/t22?,23-/m0/s1. The monoisotopic (exact) mass is 537 g/mol. The van der Waals surface area contributed by atoms with Crippen LogP contribution in [-0.4, -0.2) is 65.5 Å². The number of hydrogen-bond acceptors (Lipinski definition) is 8. The van der Waals surface area contributed by atoms with Crippen LogP contribution in [0.3, 0.4) is 0 Å². The molecule has 3 aromatic rings. The Kier molecular flexibility index (Phi) is 8.48. The van der Waals surface area contributed by atoms with E-state index >= 15 is 0 Å². The summed E-state index contributed by atoms with van der Waals surface area (Å²) in [4.78, 5) is 48.8. The van der Waals surface area contributed by atoms with Crippen molar-refractivity contribution in [3.8, 4) is 0 Å². The second kappa shape index (κ2) is 11.8. The molecule has 0 radical (unpaired) electrons. The molecule has 1 aliphatic heterocycles. The fourth-order valence-electron chi connectivity index (χ4n) is 4.58. The lowest BCUT2D eigenvalue weighted by Gasteiger charge is -2.32. The molecular formula is C27H31N5O5S. The summed E-state index contributed by atoms with van der Waals surface area (Å²) in [5.74, 6) is -1.88. The van der Waals surface area contributed by atoms with E-state index in [9.17, 15) is 22.8 Å². The molecule has 2 N–H and O–H groups in total. The SMILES string of the molecule is CC(C)CC(NC(=O)c1cccc2ncccc12)C(=O)N([C@H]1CCCNCC1=O)S(=O)(=O)c1ccccn1. The van der Waals surface area contributed by atoms with Crippen LogP contribution in [0.25, 0.3) is 10.9 Å². The maximum absolute atomic E-state index is 14.1. The van der Waals surface area contributed by atoms with Crippen molar-refractivity contribution in [1.82, 2.24) is 24.9 Å². The molecule has 0 spiro atoms. The number of rotatable bonds is 8. The zero-order chi connectivity index (χ0) is 27.3. The molecule has 10 nitrogen and oxygen atoms in total. The summed E-state index contributed by atoms with van der Waals surface area (Å²) < 4.78 is 28.3. The third-order valence-corrected chi connectivity index (χ3v) is 8.09. The molecule has 2 aromatic heterocycles. The van der Waals surface area contributed by atoms with Crippen LogP contribution in [0.4, 0.5) is 0 Å². The van der Waals surface area contributed by atoms with Gasteiger partial charge in [-0.2, -0.15) is 8.42 Å². The van der Waals surface area contributed by atoms with Crippen LogP contribution in [0, 0.1) is 5.92 Å². The lowest BCUT2D eigenvalue weighted by atomic mass is 10.0. The molecule has 3 heterocycles. The van der Waals surface area contributed by atoms with Gasteiger partial charge in [0, 0.05) is 23.3 Å². The van der Waals surface area contributed by atoms with Crippen LogP contribution in [0.2, 0.25) is 0 Å². The Balaban J connectivity index is 1.75. The van der Waals surface area contributed by atoms with Crippen LogP contribution in [0.5, 0.6) is 0 Å². The largest absolute Gasteiger partial charge is 0.340 e. The number of carbonyl (C=O) groups excluding carboxylic acids is 3. The van der Waals surface area contributed by atoms with Gasteiger partial charge in [-0.1, -0.05) is 32.0 Å². The molecule has 2 amide bonds. The number of ketones is 1. The number of Topliss-reactive ketones (excluding diaryl/α,β-unsaturated/α-hetero) is 1. The van der Waals surface area contributed by atoms with E-state index in [-0.39, 0.29) is 30.3 Å². The smallest absolute Gasteiger partial charge is 0.284 e. The highest BCUT2D eigenvalue weighted by Crippen LogP contribution is 2.24. The second-order valence-corrected chi connectivity index (χ2v) is 11.4. The molecule has 11 heteroatoms. The van der Waals surface area contributed by atoms with Crippen LogP contribution < -0.4 is 10.6 Å². The van der Waals surface area contributed by atoms with Gasteiger partial charge in [0.25, 0.3) is 21.8 Å². The Morgan fingerprint density at radius 2 is 1.87 bits per heavy atom. The first-order valence-corrected chi connectivity index (χ1v) is 14.0. The predicted octanol–water partition coefficient (Wildman–Crippen LogP) is 2.31. The van der Waals surface area contributed by atoms with Gasteiger partial charge in [0.05, 0.1) is 12.1 Å². The number of nitrogens with one attached hydrogen (secondary N) is 2. The number of benzene rings is 1. The highest BCUT2D eigenvalue weighted by atomic mass is 32.2. The number of hydrogen-bond donors (Lipinski definition) is 2. The Morgan fingerprint density at radius 3 is 2.61 bits per heavy atom. The van der Waals surface area contributed by atoms with Gasteiger partial charge in [0.2, 0.25) is 0 Å². The predicted molar refractivity (Wildman–Crippen MR) is 142 cm³/mol. The molecular weight excluding hydrogens is 506 g/mol. The van der Waals surface area contributed by atoms with Crippen molar-refractivity contribution in [1.29, 1.82) is 0 Å². The molecule has 4 rings (SSSR count). The molecule has 0 aliphatic carbocycles. The molecule has 1 saturated heterocycles. The zero-order valence-electron chi connectivity index (χ0n) is 21.3. The maximum atomic E-state index is 14.1. The second-order valence-electron chi connectivity index (χ2n) is 9.64. The van der Waals surface area contributed by atoms with E-state index < -0.39 is 39.7 Å². The summed E-state index contributed by atoms with van der Waals surface area (Å²) in [6.45, 7) is 4.20. The van der Waals surface area contributed by atoms with E-state index in [1.165, 1.54) is 18.3 Å². The minimum Gasteiger partial charge on any atom is -0.340 e. The Morgan fingerprint density at radius 1 is 1.08 bits per heavy atom. The van der Waals surface area contributed by atoms with Gasteiger partial charge in [-0.25, -0.2) is 9.29 Å². The van der Waals surface area contributed by atoms with Crippen LogP contribution in [0.15, 0.2) is 66.0 Å². The van der Waals surface area contributed by atoms with Gasteiger partial charge in [0.1, 0.15) is 12.1 Å². The van der Waals surface area contributed by atoms with Crippen molar-refractivity contribution in [2.45, 2.75) is 50.2 Å². The first-order chi connectivity index (χ1) is 18.2. The van der Waals surface area contributed by atoms with Crippen molar-refractivity contribution in [2.75, 3.05) is 13.1 Å². The molecule has 1 aromatic carbocycles. The average molecular weight is 538 g/mol. The topological polar surface area (TPSA) is 138 Å². The zero-order valence-corrected chi connectivity index (χ0v) is 22.1. The summed E-state index contributed by atoms with van der Waals surface area (Å²) in [6.07, 6.45) is 3.77. The minimum atomic E-state index is -4.50. The fraction of sp³-hybridized carbons (Fsp3) is 0.370. The van der Waals surface area contributed by atoms with Crippen molar-refractivity contribution in [3.05, 3.63) is 66.5 Å². The van der Waals surface area contributed by atoms with Gasteiger partial charge in [-0.05, 0) is 62.1 Å². The van der Waals surface area contributed by atoms with Crippen molar-refractivity contribution in [2.24, 2.45) is 5.92 Å². The highest BCUT2D eigenvalue weighted by Gasteiger charge is 2.43. The Labute approximate surface area is 221 Å².